The van der Waals surface area contributed by atoms with Crippen LogP contribution in [0.3, 0.4) is 0 Å². The Morgan fingerprint density at radius 1 is 1.67 bits per heavy atom. The summed E-state index contributed by atoms with van der Waals surface area (Å²) >= 11 is 0. The van der Waals surface area contributed by atoms with Gasteiger partial charge >= 0.3 is 0 Å². The molecule has 2 unspecified atom stereocenters. The predicted molar refractivity (Wildman–Crippen MR) is 50.7 cm³/mol. The second kappa shape index (κ2) is 4.93. The number of hydrogen-bond donors (Lipinski definition) is 2. The molecule has 0 radical (unpaired) electrons. The van der Waals surface area contributed by atoms with Gasteiger partial charge in [0.2, 0.25) is 5.91 Å². The summed E-state index contributed by atoms with van der Waals surface area (Å²) in [7, 11) is 0. The number of nitrogens with one attached hydrogen (secondary N) is 1. The van der Waals surface area contributed by atoms with Crippen LogP contribution in [0.15, 0.2) is 12.2 Å². The Labute approximate surface area is 74.0 Å². The van der Waals surface area contributed by atoms with Gasteiger partial charge in [-0.25, -0.2) is 0 Å². The Morgan fingerprint density at radius 3 is 2.42 bits per heavy atom. The van der Waals surface area contributed by atoms with Crippen molar-refractivity contribution < 1.29 is 4.79 Å². The van der Waals surface area contributed by atoms with Crippen molar-refractivity contribution in [3.8, 4) is 0 Å². The maximum atomic E-state index is 10.9. The molecule has 0 aromatic carbocycles. The van der Waals surface area contributed by atoms with Crippen molar-refractivity contribution in [3.05, 3.63) is 12.2 Å². The fourth-order valence-electron chi connectivity index (χ4n) is 0.870. The molecule has 0 fully saturated rings. The summed E-state index contributed by atoms with van der Waals surface area (Å²) < 4.78 is 0. The van der Waals surface area contributed by atoms with Crippen LogP contribution in [-0.2, 0) is 4.79 Å². The topological polar surface area (TPSA) is 55.1 Å². The number of carbonyl (C=O) groups is 1. The standard InChI is InChI=1S/C9H18N2O/c1-5-7(4)11-8(6(2)3)9(10)12/h7-8,11H,2,5H2,1,3-4H3,(H2,10,12). The van der Waals surface area contributed by atoms with Crippen LogP contribution >= 0.6 is 0 Å². The Morgan fingerprint density at radius 2 is 2.17 bits per heavy atom. The average molecular weight is 170 g/mol. The highest BCUT2D eigenvalue weighted by Gasteiger charge is 2.16. The van der Waals surface area contributed by atoms with Gasteiger partial charge in [0.15, 0.2) is 0 Å². The highest BCUT2D eigenvalue weighted by atomic mass is 16.1. The van der Waals surface area contributed by atoms with E-state index in [4.69, 9.17) is 5.73 Å². The van der Waals surface area contributed by atoms with Crippen LogP contribution in [0.4, 0.5) is 0 Å². The van der Waals surface area contributed by atoms with Gasteiger partial charge in [-0.05, 0) is 20.3 Å². The zero-order valence-corrected chi connectivity index (χ0v) is 8.05. The number of hydrogen-bond acceptors (Lipinski definition) is 2. The Bertz CT molecular complexity index is 163. The predicted octanol–water partition coefficient (Wildman–Crippen LogP) is 0.804. The van der Waals surface area contributed by atoms with Crippen LogP contribution in [0, 0.1) is 0 Å². The van der Waals surface area contributed by atoms with Crippen molar-refractivity contribution in [2.24, 2.45) is 5.73 Å². The number of rotatable bonds is 5. The zero-order valence-electron chi connectivity index (χ0n) is 8.05. The fraction of sp³-hybridized carbons (Fsp3) is 0.667. The third-order valence-electron chi connectivity index (χ3n) is 1.84. The highest BCUT2D eigenvalue weighted by molar-refractivity contribution is 5.82. The number of primary amides is 1. The molecular formula is C9H18N2O. The van der Waals surface area contributed by atoms with E-state index in [1.54, 1.807) is 6.92 Å². The molecule has 0 bridgehead atoms. The summed E-state index contributed by atoms with van der Waals surface area (Å²) in [6.45, 7) is 9.56. The first-order valence-corrected chi connectivity index (χ1v) is 4.19. The molecule has 12 heavy (non-hydrogen) atoms. The zero-order chi connectivity index (χ0) is 9.72. The van der Waals surface area contributed by atoms with E-state index in [-0.39, 0.29) is 11.9 Å². The van der Waals surface area contributed by atoms with E-state index in [9.17, 15) is 4.79 Å². The van der Waals surface area contributed by atoms with Gasteiger partial charge in [0, 0.05) is 6.04 Å². The molecule has 0 saturated heterocycles. The SMILES string of the molecule is C=C(C)C(NC(C)CC)C(N)=O. The van der Waals surface area contributed by atoms with Crippen molar-refractivity contribution >= 4 is 5.91 Å². The van der Waals surface area contributed by atoms with Gasteiger partial charge in [0.1, 0.15) is 6.04 Å². The molecule has 0 saturated carbocycles. The van der Waals surface area contributed by atoms with Crippen LogP contribution in [0.5, 0.6) is 0 Å². The van der Waals surface area contributed by atoms with Gasteiger partial charge in [-0.15, -0.1) is 0 Å². The third kappa shape index (κ3) is 3.53. The average Bonchev–Trinajstić information content (AvgIpc) is 1.98. The molecule has 1 amide bonds. The first-order chi connectivity index (χ1) is 5.49. The Kier molecular flexibility index (Phi) is 4.59. The molecule has 3 N–H and O–H groups in total. The van der Waals surface area contributed by atoms with Gasteiger partial charge in [0.25, 0.3) is 0 Å². The number of amides is 1. The smallest absolute Gasteiger partial charge is 0.238 e. The normalized spacial score (nSPS) is 15.2. The summed E-state index contributed by atoms with van der Waals surface area (Å²) in [5.74, 6) is -0.359. The van der Waals surface area contributed by atoms with E-state index < -0.39 is 0 Å². The van der Waals surface area contributed by atoms with Crippen LogP contribution in [0.25, 0.3) is 0 Å². The van der Waals surface area contributed by atoms with Crippen molar-refractivity contribution in [2.45, 2.75) is 39.3 Å². The molecule has 0 rings (SSSR count). The quantitative estimate of drug-likeness (QED) is 0.600. The minimum atomic E-state index is -0.389. The Balaban J connectivity index is 4.14. The van der Waals surface area contributed by atoms with Gasteiger partial charge in [0.05, 0.1) is 0 Å². The van der Waals surface area contributed by atoms with Crippen molar-refractivity contribution in [1.29, 1.82) is 0 Å². The molecule has 70 valence electrons. The molecule has 0 spiro atoms. The van der Waals surface area contributed by atoms with Crippen molar-refractivity contribution in [2.75, 3.05) is 0 Å². The summed E-state index contributed by atoms with van der Waals surface area (Å²) in [5.41, 5.74) is 5.94. The highest BCUT2D eigenvalue weighted by Crippen LogP contribution is 2.00. The molecule has 3 heteroatoms. The fourth-order valence-corrected chi connectivity index (χ4v) is 0.870. The minimum absolute atomic E-state index is 0.291. The molecule has 0 aliphatic heterocycles. The molecular weight excluding hydrogens is 152 g/mol. The molecule has 0 aliphatic rings. The summed E-state index contributed by atoms with van der Waals surface area (Å²) in [5, 5.41) is 3.09. The van der Waals surface area contributed by atoms with E-state index in [0.29, 0.717) is 6.04 Å². The maximum Gasteiger partial charge on any atom is 0.238 e. The number of carbonyl (C=O) groups excluding carboxylic acids is 1. The minimum Gasteiger partial charge on any atom is -0.368 e. The summed E-state index contributed by atoms with van der Waals surface area (Å²) in [6.07, 6.45) is 0.969. The largest absolute Gasteiger partial charge is 0.368 e. The van der Waals surface area contributed by atoms with E-state index in [1.807, 2.05) is 13.8 Å². The van der Waals surface area contributed by atoms with Crippen LogP contribution in [-0.4, -0.2) is 18.0 Å². The maximum absolute atomic E-state index is 10.9. The van der Waals surface area contributed by atoms with Crippen LogP contribution < -0.4 is 11.1 Å². The molecule has 3 nitrogen and oxygen atoms in total. The first-order valence-electron chi connectivity index (χ1n) is 4.19. The van der Waals surface area contributed by atoms with Gasteiger partial charge in [-0.1, -0.05) is 19.1 Å². The lowest BCUT2D eigenvalue weighted by Crippen LogP contribution is -2.45. The van der Waals surface area contributed by atoms with Crippen LogP contribution in [0.2, 0.25) is 0 Å². The second-order valence-corrected chi connectivity index (χ2v) is 3.16. The van der Waals surface area contributed by atoms with Crippen LogP contribution in [0.1, 0.15) is 27.2 Å². The summed E-state index contributed by atoms with van der Waals surface area (Å²) in [4.78, 5) is 10.9. The molecule has 2 atom stereocenters. The third-order valence-corrected chi connectivity index (χ3v) is 1.84. The molecule has 0 aromatic rings. The Hall–Kier alpha value is -0.830. The molecule has 0 heterocycles. The molecule has 0 aliphatic carbocycles. The lowest BCUT2D eigenvalue weighted by atomic mass is 10.1. The monoisotopic (exact) mass is 170 g/mol. The number of nitrogens with two attached hydrogens (primary N) is 1. The van der Waals surface area contributed by atoms with E-state index >= 15 is 0 Å². The van der Waals surface area contributed by atoms with Gasteiger partial charge in [-0.3, -0.25) is 10.1 Å². The van der Waals surface area contributed by atoms with Gasteiger partial charge in [-0.2, -0.15) is 0 Å². The summed E-state index contributed by atoms with van der Waals surface area (Å²) in [6, 6.07) is -0.0980. The van der Waals surface area contributed by atoms with Crippen molar-refractivity contribution in [3.63, 3.8) is 0 Å². The first kappa shape index (κ1) is 11.2. The van der Waals surface area contributed by atoms with E-state index in [1.165, 1.54) is 0 Å². The second-order valence-electron chi connectivity index (χ2n) is 3.16. The van der Waals surface area contributed by atoms with Gasteiger partial charge < -0.3 is 5.73 Å². The molecule has 0 aromatic heterocycles. The lowest BCUT2D eigenvalue weighted by molar-refractivity contribution is -0.119. The lowest BCUT2D eigenvalue weighted by Gasteiger charge is -2.19. The van der Waals surface area contributed by atoms with E-state index in [0.717, 1.165) is 12.0 Å². The van der Waals surface area contributed by atoms with Crippen molar-refractivity contribution in [1.82, 2.24) is 5.32 Å². The van der Waals surface area contributed by atoms with E-state index in [2.05, 4.69) is 11.9 Å².